The van der Waals surface area contributed by atoms with Crippen LogP contribution in [-0.2, 0) is 6.54 Å². The van der Waals surface area contributed by atoms with Gasteiger partial charge < -0.3 is 19.4 Å². The third-order valence-electron chi connectivity index (χ3n) is 5.87. The van der Waals surface area contributed by atoms with E-state index < -0.39 is 0 Å². The highest BCUT2D eigenvalue weighted by atomic mass is 16.5. The van der Waals surface area contributed by atoms with Crippen molar-refractivity contribution in [3.63, 3.8) is 0 Å². The fourth-order valence-corrected chi connectivity index (χ4v) is 4.46. The molecule has 1 aromatic carbocycles. The average Bonchev–Trinajstić information content (AvgIpc) is 3.29. The zero-order valence-electron chi connectivity index (χ0n) is 20.2. The lowest BCUT2D eigenvalue weighted by Crippen LogP contribution is -2.39. The van der Waals surface area contributed by atoms with Crippen LogP contribution in [0, 0.1) is 13.8 Å². The van der Waals surface area contributed by atoms with E-state index in [2.05, 4.69) is 36.9 Å². The molecule has 33 heavy (non-hydrogen) atoms. The van der Waals surface area contributed by atoms with Gasteiger partial charge in [0, 0.05) is 49.5 Å². The minimum absolute atomic E-state index is 0.400. The van der Waals surface area contributed by atoms with Crippen molar-refractivity contribution in [2.75, 3.05) is 31.6 Å². The van der Waals surface area contributed by atoms with Crippen molar-refractivity contribution in [3.05, 3.63) is 59.7 Å². The first-order chi connectivity index (χ1) is 16.1. The van der Waals surface area contributed by atoms with E-state index in [4.69, 9.17) is 9.47 Å². The van der Waals surface area contributed by atoms with E-state index in [0.717, 1.165) is 67.0 Å². The van der Waals surface area contributed by atoms with Crippen molar-refractivity contribution in [2.45, 2.75) is 53.1 Å². The molecular formula is C26H35N5O2. The Morgan fingerprint density at radius 3 is 2.03 bits per heavy atom. The van der Waals surface area contributed by atoms with Crippen LogP contribution in [0.15, 0.2) is 42.7 Å². The third kappa shape index (κ3) is 5.85. The van der Waals surface area contributed by atoms with Gasteiger partial charge >= 0.3 is 0 Å². The Morgan fingerprint density at radius 2 is 1.48 bits per heavy atom. The monoisotopic (exact) mass is 449 g/mol. The van der Waals surface area contributed by atoms with Gasteiger partial charge in [0.05, 0.1) is 13.2 Å². The summed E-state index contributed by atoms with van der Waals surface area (Å²) in [5.74, 6) is 2.46. The summed E-state index contributed by atoms with van der Waals surface area (Å²) in [6.45, 7) is 12.2. The number of hydrogen-bond acceptors (Lipinski definition) is 6. The summed E-state index contributed by atoms with van der Waals surface area (Å²) in [6.07, 6.45) is 6.18. The van der Waals surface area contributed by atoms with Gasteiger partial charge in [0.15, 0.2) is 0 Å². The number of anilines is 1. The molecule has 4 rings (SSSR count). The van der Waals surface area contributed by atoms with E-state index >= 15 is 0 Å². The van der Waals surface area contributed by atoms with Crippen molar-refractivity contribution in [3.8, 4) is 17.2 Å². The third-order valence-corrected chi connectivity index (χ3v) is 5.87. The molecule has 1 N–H and O–H groups in total. The first-order valence-corrected chi connectivity index (χ1v) is 11.9. The minimum atomic E-state index is 0.400. The number of hydrogen-bond donors (Lipinski definition) is 1. The van der Waals surface area contributed by atoms with E-state index in [9.17, 15) is 0 Å². The second kappa shape index (κ2) is 10.7. The van der Waals surface area contributed by atoms with Gasteiger partial charge in [0.2, 0.25) is 5.95 Å². The molecule has 1 aliphatic rings. The summed E-state index contributed by atoms with van der Waals surface area (Å²) in [5, 5.41) is 3.53. The van der Waals surface area contributed by atoms with Crippen LogP contribution in [0.25, 0.3) is 5.69 Å². The van der Waals surface area contributed by atoms with E-state index in [1.165, 1.54) is 5.56 Å². The Labute approximate surface area is 196 Å². The van der Waals surface area contributed by atoms with Crippen LogP contribution >= 0.6 is 0 Å². The van der Waals surface area contributed by atoms with E-state index in [-0.39, 0.29) is 0 Å². The standard InChI is InChI=1S/C26H35N5O2/c1-5-32-23-16-21(17-24(33-6-2)25(23)31-11-7-8-12-31)18-30-13-9-22(10-14-30)29-26-27-19(3)15-20(4)28-26/h7-8,11-12,15-17,22H,5-6,9-10,13-14,18H2,1-4H3,(H,27,28,29). The summed E-state index contributed by atoms with van der Waals surface area (Å²) in [5.41, 5.74) is 4.17. The average molecular weight is 450 g/mol. The fraction of sp³-hybridized carbons (Fsp3) is 0.462. The summed E-state index contributed by atoms with van der Waals surface area (Å²) in [4.78, 5) is 11.6. The number of aryl methyl sites for hydroxylation is 2. The molecule has 0 unspecified atom stereocenters. The Bertz CT molecular complexity index is 996. The molecule has 7 nitrogen and oxygen atoms in total. The molecule has 3 heterocycles. The number of aromatic nitrogens is 3. The molecule has 3 aromatic rings. The molecule has 0 atom stereocenters. The molecule has 0 bridgehead atoms. The highest BCUT2D eigenvalue weighted by molar-refractivity contribution is 5.59. The molecule has 1 aliphatic heterocycles. The maximum absolute atomic E-state index is 6.04. The van der Waals surface area contributed by atoms with Gasteiger partial charge in [-0.15, -0.1) is 0 Å². The topological polar surface area (TPSA) is 64.4 Å². The number of likely N-dealkylation sites (tertiary alicyclic amines) is 1. The summed E-state index contributed by atoms with van der Waals surface area (Å²) in [7, 11) is 0. The molecule has 2 aromatic heterocycles. The van der Waals surface area contributed by atoms with Crippen LogP contribution in [0.4, 0.5) is 5.95 Å². The number of nitrogens with zero attached hydrogens (tertiary/aromatic N) is 4. The quantitative estimate of drug-likeness (QED) is 0.508. The summed E-state index contributed by atoms with van der Waals surface area (Å²) < 4.78 is 14.1. The van der Waals surface area contributed by atoms with Gasteiger partial charge in [0.25, 0.3) is 0 Å². The lowest BCUT2D eigenvalue weighted by molar-refractivity contribution is 0.210. The Kier molecular flexibility index (Phi) is 7.50. The largest absolute Gasteiger partial charge is 0.492 e. The van der Waals surface area contributed by atoms with Gasteiger partial charge in [-0.2, -0.15) is 0 Å². The molecule has 0 saturated carbocycles. The summed E-state index contributed by atoms with van der Waals surface area (Å²) >= 11 is 0. The zero-order chi connectivity index (χ0) is 23.2. The number of ether oxygens (including phenoxy) is 2. The molecule has 1 fully saturated rings. The smallest absolute Gasteiger partial charge is 0.223 e. The molecule has 7 heteroatoms. The second-order valence-electron chi connectivity index (χ2n) is 8.57. The first kappa shape index (κ1) is 23.1. The molecule has 0 spiro atoms. The highest BCUT2D eigenvalue weighted by Crippen LogP contribution is 2.35. The molecule has 0 aliphatic carbocycles. The van der Waals surface area contributed by atoms with Crippen LogP contribution in [0.1, 0.15) is 43.6 Å². The number of piperidine rings is 1. The predicted molar refractivity (Wildman–Crippen MR) is 132 cm³/mol. The molecule has 176 valence electrons. The zero-order valence-corrected chi connectivity index (χ0v) is 20.2. The van der Waals surface area contributed by atoms with E-state index in [1.807, 2.05) is 58.3 Å². The van der Waals surface area contributed by atoms with Crippen LogP contribution in [0.3, 0.4) is 0 Å². The molecule has 0 amide bonds. The highest BCUT2D eigenvalue weighted by Gasteiger charge is 2.22. The number of rotatable bonds is 9. The molecule has 1 saturated heterocycles. The van der Waals surface area contributed by atoms with E-state index in [0.29, 0.717) is 19.3 Å². The van der Waals surface area contributed by atoms with Gasteiger partial charge in [-0.05, 0) is 76.4 Å². The van der Waals surface area contributed by atoms with Crippen molar-refractivity contribution < 1.29 is 9.47 Å². The van der Waals surface area contributed by atoms with Gasteiger partial charge in [-0.25, -0.2) is 9.97 Å². The predicted octanol–water partition coefficient (Wildman–Crippen LogP) is 4.76. The Balaban J connectivity index is 1.44. The van der Waals surface area contributed by atoms with E-state index in [1.54, 1.807) is 0 Å². The maximum atomic E-state index is 6.04. The minimum Gasteiger partial charge on any atom is -0.492 e. The molecule has 0 radical (unpaired) electrons. The van der Waals surface area contributed by atoms with Crippen LogP contribution in [0.2, 0.25) is 0 Å². The normalized spacial score (nSPS) is 14.9. The lowest BCUT2D eigenvalue weighted by Gasteiger charge is -2.32. The first-order valence-electron chi connectivity index (χ1n) is 11.9. The van der Waals surface area contributed by atoms with Gasteiger partial charge in [-0.3, -0.25) is 4.90 Å². The SMILES string of the molecule is CCOc1cc(CN2CCC(Nc3nc(C)cc(C)n3)CC2)cc(OCC)c1-n1cccc1. The summed E-state index contributed by atoms with van der Waals surface area (Å²) in [6, 6.07) is 10.8. The number of benzene rings is 1. The second-order valence-corrected chi connectivity index (χ2v) is 8.57. The van der Waals surface area contributed by atoms with Crippen molar-refractivity contribution in [2.24, 2.45) is 0 Å². The lowest BCUT2D eigenvalue weighted by atomic mass is 10.0. The van der Waals surface area contributed by atoms with Crippen LogP contribution in [-0.4, -0.2) is 51.8 Å². The van der Waals surface area contributed by atoms with Gasteiger partial charge in [0.1, 0.15) is 17.2 Å². The number of nitrogens with one attached hydrogen (secondary N) is 1. The fourth-order valence-electron chi connectivity index (χ4n) is 4.46. The van der Waals surface area contributed by atoms with Crippen LogP contribution < -0.4 is 14.8 Å². The Morgan fingerprint density at radius 1 is 0.909 bits per heavy atom. The van der Waals surface area contributed by atoms with Crippen LogP contribution in [0.5, 0.6) is 11.5 Å². The van der Waals surface area contributed by atoms with Crippen molar-refractivity contribution in [1.29, 1.82) is 0 Å². The van der Waals surface area contributed by atoms with Crippen molar-refractivity contribution >= 4 is 5.95 Å². The van der Waals surface area contributed by atoms with Gasteiger partial charge in [-0.1, -0.05) is 0 Å². The maximum Gasteiger partial charge on any atom is 0.223 e. The Hall–Kier alpha value is -3.06. The molecular weight excluding hydrogens is 414 g/mol. The van der Waals surface area contributed by atoms with Crippen molar-refractivity contribution in [1.82, 2.24) is 19.4 Å².